The number of nitrogens with one attached hydrogen (secondary N) is 1. The summed E-state index contributed by atoms with van der Waals surface area (Å²) in [4.78, 5) is 2.59. The number of hydrogen-bond donors (Lipinski definition) is 1. The van der Waals surface area contributed by atoms with Gasteiger partial charge in [-0.1, -0.05) is 0 Å². The zero-order valence-electron chi connectivity index (χ0n) is 11.7. The van der Waals surface area contributed by atoms with Crippen LogP contribution in [0.15, 0.2) is 0 Å². The number of rotatable bonds is 4. The fourth-order valence-electron chi connectivity index (χ4n) is 3.18. The highest BCUT2D eigenvalue weighted by Crippen LogP contribution is 2.24. The number of likely N-dealkylation sites (tertiary alicyclic amines) is 1. The van der Waals surface area contributed by atoms with Crippen LogP contribution in [0.4, 0.5) is 0 Å². The molecule has 2 atom stereocenters. The maximum Gasteiger partial charge on any atom is 0.0641 e. The SMILES string of the molecule is CC(CN1CCCC1)NC1CCOC(C)(C)C1. The summed E-state index contributed by atoms with van der Waals surface area (Å²) in [6.07, 6.45) is 5.07. The molecule has 2 rings (SSSR count). The van der Waals surface area contributed by atoms with E-state index in [0.29, 0.717) is 12.1 Å². The van der Waals surface area contributed by atoms with Gasteiger partial charge in [0.2, 0.25) is 0 Å². The molecule has 0 amide bonds. The van der Waals surface area contributed by atoms with Crippen molar-refractivity contribution in [1.29, 1.82) is 0 Å². The van der Waals surface area contributed by atoms with E-state index >= 15 is 0 Å². The Morgan fingerprint density at radius 3 is 2.71 bits per heavy atom. The molecule has 2 heterocycles. The van der Waals surface area contributed by atoms with E-state index in [0.717, 1.165) is 19.4 Å². The summed E-state index contributed by atoms with van der Waals surface area (Å²) in [7, 11) is 0. The first-order chi connectivity index (χ1) is 8.05. The molecule has 2 aliphatic rings. The van der Waals surface area contributed by atoms with Gasteiger partial charge < -0.3 is 15.0 Å². The zero-order valence-corrected chi connectivity index (χ0v) is 11.7. The molecule has 0 aliphatic carbocycles. The maximum absolute atomic E-state index is 5.76. The summed E-state index contributed by atoms with van der Waals surface area (Å²) >= 11 is 0. The quantitative estimate of drug-likeness (QED) is 0.813. The van der Waals surface area contributed by atoms with Crippen LogP contribution in [0.25, 0.3) is 0 Å². The lowest BCUT2D eigenvalue weighted by Gasteiger charge is -2.37. The van der Waals surface area contributed by atoms with E-state index in [2.05, 4.69) is 31.0 Å². The minimum atomic E-state index is 0.0588. The molecule has 0 aromatic carbocycles. The Morgan fingerprint density at radius 2 is 2.06 bits per heavy atom. The van der Waals surface area contributed by atoms with Gasteiger partial charge in [-0.15, -0.1) is 0 Å². The van der Waals surface area contributed by atoms with Gasteiger partial charge in [0, 0.05) is 25.2 Å². The average molecular weight is 240 g/mol. The zero-order chi connectivity index (χ0) is 12.3. The Hall–Kier alpha value is -0.120. The third-order valence-corrected chi connectivity index (χ3v) is 3.95. The Balaban J connectivity index is 1.72. The van der Waals surface area contributed by atoms with Crippen LogP contribution in [0.1, 0.15) is 46.5 Å². The first kappa shape index (κ1) is 13.3. The van der Waals surface area contributed by atoms with Crippen LogP contribution in [-0.2, 0) is 4.74 Å². The normalized spacial score (nSPS) is 31.6. The Bertz CT molecular complexity index is 236. The van der Waals surface area contributed by atoms with Gasteiger partial charge in [-0.25, -0.2) is 0 Å². The predicted octanol–water partition coefficient (Wildman–Crippen LogP) is 2.02. The molecule has 0 aromatic heterocycles. The van der Waals surface area contributed by atoms with Crippen molar-refractivity contribution < 1.29 is 4.74 Å². The minimum Gasteiger partial charge on any atom is -0.375 e. The number of hydrogen-bond acceptors (Lipinski definition) is 3. The number of ether oxygens (including phenoxy) is 1. The molecular formula is C14H28N2O. The fraction of sp³-hybridized carbons (Fsp3) is 1.00. The lowest BCUT2D eigenvalue weighted by Crippen LogP contribution is -2.49. The molecule has 3 nitrogen and oxygen atoms in total. The van der Waals surface area contributed by atoms with Crippen LogP contribution in [0.2, 0.25) is 0 Å². The van der Waals surface area contributed by atoms with Crippen molar-refractivity contribution in [3.05, 3.63) is 0 Å². The van der Waals surface area contributed by atoms with Gasteiger partial charge in [-0.3, -0.25) is 0 Å². The highest BCUT2D eigenvalue weighted by Gasteiger charge is 2.29. The lowest BCUT2D eigenvalue weighted by atomic mass is 9.93. The van der Waals surface area contributed by atoms with Gasteiger partial charge in [-0.05, 0) is 59.5 Å². The topological polar surface area (TPSA) is 24.5 Å². The molecule has 3 heteroatoms. The second-order valence-corrected chi connectivity index (χ2v) is 6.37. The molecular weight excluding hydrogens is 212 g/mol. The van der Waals surface area contributed by atoms with Gasteiger partial charge in [0.25, 0.3) is 0 Å². The average Bonchev–Trinajstić information content (AvgIpc) is 2.68. The van der Waals surface area contributed by atoms with E-state index in [9.17, 15) is 0 Å². The summed E-state index contributed by atoms with van der Waals surface area (Å²) in [6.45, 7) is 11.4. The molecule has 2 fully saturated rings. The Kier molecular flexibility index (Phi) is 4.45. The summed E-state index contributed by atoms with van der Waals surface area (Å²) in [5.41, 5.74) is 0.0588. The molecule has 0 spiro atoms. The monoisotopic (exact) mass is 240 g/mol. The lowest BCUT2D eigenvalue weighted by molar-refractivity contribution is -0.0642. The third kappa shape index (κ3) is 4.23. The van der Waals surface area contributed by atoms with E-state index in [-0.39, 0.29) is 5.60 Å². The predicted molar refractivity (Wildman–Crippen MR) is 71.3 cm³/mol. The van der Waals surface area contributed by atoms with Crippen molar-refractivity contribution >= 4 is 0 Å². The van der Waals surface area contributed by atoms with Crippen molar-refractivity contribution in [3.8, 4) is 0 Å². The third-order valence-electron chi connectivity index (χ3n) is 3.95. The second kappa shape index (κ2) is 5.68. The van der Waals surface area contributed by atoms with E-state index in [1.54, 1.807) is 0 Å². The fourth-order valence-corrected chi connectivity index (χ4v) is 3.18. The van der Waals surface area contributed by atoms with Crippen molar-refractivity contribution in [2.24, 2.45) is 0 Å². The largest absolute Gasteiger partial charge is 0.375 e. The van der Waals surface area contributed by atoms with Gasteiger partial charge in [-0.2, -0.15) is 0 Å². The smallest absolute Gasteiger partial charge is 0.0641 e. The van der Waals surface area contributed by atoms with Gasteiger partial charge in [0.05, 0.1) is 5.60 Å². The van der Waals surface area contributed by atoms with Crippen LogP contribution in [0.3, 0.4) is 0 Å². The molecule has 1 N–H and O–H groups in total. The molecule has 2 saturated heterocycles. The van der Waals surface area contributed by atoms with Crippen LogP contribution in [0, 0.1) is 0 Å². The van der Waals surface area contributed by atoms with Gasteiger partial charge in [0.15, 0.2) is 0 Å². The molecule has 0 aromatic rings. The molecule has 0 radical (unpaired) electrons. The summed E-state index contributed by atoms with van der Waals surface area (Å²) in [5, 5.41) is 3.78. The molecule has 100 valence electrons. The van der Waals surface area contributed by atoms with Crippen molar-refractivity contribution in [2.75, 3.05) is 26.2 Å². The van der Waals surface area contributed by atoms with Crippen molar-refractivity contribution in [2.45, 2.75) is 64.1 Å². The molecule has 2 unspecified atom stereocenters. The van der Waals surface area contributed by atoms with E-state index < -0.39 is 0 Å². The van der Waals surface area contributed by atoms with Crippen LogP contribution < -0.4 is 5.32 Å². The van der Waals surface area contributed by atoms with E-state index in [1.807, 2.05) is 0 Å². The highest BCUT2D eigenvalue weighted by atomic mass is 16.5. The minimum absolute atomic E-state index is 0.0588. The summed E-state index contributed by atoms with van der Waals surface area (Å²) in [5.74, 6) is 0. The maximum atomic E-state index is 5.76. The summed E-state index contributed by atoms with van der Waals surface area (Å²) in [6, 6.07) is 1.24. The van der Waals surface area contributed by atoms with Gasteiger partial charge in [0.1, 0.15) is 0 Å². The van der Waals surface area contributed by atoms with Crippen LogP contribution >= 0.6 is 0 Å². The Morgan fingerprint density at radius 1 is 1.35 bits per heavy atom. The highest BCUT2D eigenvalue weighted by molar-refractivity contribution is 4.85. The van der Waals surface area contributed by atoms with Gasteiger partial charge >= 0.3 is 0 Å². The first-order valence-electron chi connectivity index (χ1n) is 7.17. The molecule has 17 heavy (non-hydrogen) atoms. The molecule has 2 aliphatic heterocycles. The second-order valence-electron chi connectivity index (χ2n) is 6.37. The standard InChI is InChI=1S/C14H28N2O/c1-12(11-16-7-4-5-8-16)15-13-6-9-17-14(2,3)10-13/h12-13,15H,4-11H2,1-3H3. The van der Waals surface area contributed by atoms with Crippen LogP contribution in [-0.4, -0.2) is 48.8 Å². The van der Waals surface area contributed by atoms with Crippen molar-refractivity contribution in [1.82, 2.24) is 10.2 Å². The van der Waals surface area contributed by atoms with Crippen LogP contribution in [0.5, 0.6) is 0 Å². The summed E-state index contributed by atoms with van der Waals surface area (Å²) < 4.78 is 5.76. The Labute approximate surface area is 106 Å². The first-order valence-corrected chi connectivity index (χ1v) is 7.17. The van der Waals surface area contributed by atoms with Crippen molar-refractivity contribution in [3.63, 3.8) is 0 Å². The molecule has 0 bridgehead atoms. The van der Waals surface area contributed by atoms with E-state index in [4.69, 9.17) is 4.74 Å². The number of nitrogens with zero attached hydrogens (tertiary/aromatic N) is 1. The van der Waals surface area contributed by atoms with E-state index in [1.165, 1.54) is 32.5 Å². The molecule has 0 saturated carbocycles.